The van der Waals surface area contributed by atoms with E-state index in [1.807, 2.05) is 68.4 Å². The highest BCUT2D eigenvalue weighted by Gasteiger charge is 2.22. The summed E-state index contributed by atoms with van der Waals surface area (Å²) in [6.45, 7) is 17.2. The number of hydrogen-bond donors (Lipinski definition) is 11. The van der Waals surface area contributed by atoms with Gasteiger partial charge in [-0.15, -0.1) is 0 Å². The molecule has 0 spiro atoms. The third-order valence-electron chi connectivity index (χ3n) is 9.06. The molecule has 0 heterocycles. The number of carboxylic acid groups (broad SMARTS) is 1. The molecule has 3 rings (SSSR count). The minimum Gasteiger partial charge on any atom is -0.481 e. The topological polar surface area (TPSA) is 336 Å². The number of unbranched alkanes of at least 4 members (excludes halogenated alkanes) is 1. The van der Waals surface area contributed by atoms with E-state index in [-0.39, 0.29) is 31.7 Å². The highest BCUT2D eigenvalue weighted by molar-refractivity contribution is 5.93. The van der Waals surface area contributed by atoms with Crippen LogP contribution in [-0.4, -0.2) is 117 Å². The quantitative estimate of drug-likeness (QED) is 0.0798. The molecule has 20 nitrogen and oxygen atoms in total. The number of aliphatic carboxylic acids is 1. The van der Waals surface area contributed by atoms with Crippen LogP contribution in [0.2, 0.25) is 0 Å². The molecule has 0 unspecified atom stereocenters. The Bertz CT molecular complexity index is 1770. The Hall–Kier alpha value is -6.41. The molecule has 20 heteroatoms. The Labute approximate surface area is 436 Å². The minimum atomic E-state index is -0.937. The van der Waals surface area contributed by atoms with Crippen molar-refractivity contribution in [3.05, 3.63) is 60.2 Å². The lowest BCUT2D eigenvalue weighted by atomic mass is 9.91. The SMILES string of the molecule is CC1CCCCC1.CCC.CCC.CCC(=O)O.CCCCC(=O)N[C@@H](Cc1ccc(-c2ccccc2)cc1)C(=O)NCC(=O)NCC(=O)NCC(=O)NCC(=O)NCC(=O)NCC(N)=O.CCCN.CCN. The van der Waals surface area contributed by atoms with Crippen molar-refractivity contribution in [2.75, 3.05) is 52.4 Å². The van der Waals surface area contributed by atoms with Crippen LogP contribution >= 0.6 is 0 Å². The van der Waals surface area contributed by atoms with E-state index < -0.39 is 86.1 Å². The number of amides is 8. The Balaban J connectivity index is -0.000000778. The zero-order valence-electron chi connectivity index (χ0n) is 45.6. The molecular formula is C53H94N10O10. The lowest BCUT2D eigenvalue weighted by Crippen LogP contribution is -2.50. The van der Waals surface area contributed by atoms with Crippen LogP contribution in [-0.2, 0) is 49.6 Å². The summed E-state index contributed by atoms with van der Waals surface area (Å²) in [6.07, 6.45) is 13.2. The number of carbonyl (C=O) groups excluding carboxylic acids is 8. The maximum absolute atomic E-state index is 13.0. The van der Waals surface area contributed by atoms with Crippen molar-refractivity contribution in [2.45, 2.75) is 152 Å². The van der Waals surface area contributed by atoms with Gasteiger partial charge in [0, 0.05) is 19.3 Å². The predicted octanol–water partition coefficient (Wildman–Crippen LogP) is 3.97. The third-order valence-corrected chi connectivity index (χ3v) is 9.06. The van der Waals surface area contributed by atoms with Gasteiger partial charge in [-0.2, -0.15) is 0 Å². The number of rotatable bonds is 22. The van der Waals surface area contributed by atoms with Crippen molar-refractivity contribution in [3.8, 4) is 11.1 Å². The fourth-order valence-electron chi connectivity index (χ4n) is 5.32. The number of primary amides is 1. The summed E-state index contributed by atoms with van der Waals surface area (Å²) < 4.78 is 0. The molecule has 0 bridgehead atoms. The molecule has 1 saturated carbocycles. The summed E-state index contributed by atoms with van der Waals surface area (Å²) in [5.41, 5.74) is 17.6. The Morgan fingerprint density at radius 2 is 0.932 bits per heavy atom. The molecule has 1 aliphatic carbocycles. The summed E-state index contributed by atoms with van der Waals surface area (Å²) in [5, 5.41) is 24.2. The van der Waals surface area contributed by atoms with Crippen LogP contribution in [0.15, 0.2) is 54.6 Å². The van der Waals surface area contributed by atoms with Crippen LogP contribution in [0.5, 0.6) is 0 Å². The first kappa shape index (κ1) is 73.1. The summed E-state index contributed by atoms with van der Waals surface area (Å²) >= 11 is 0. The number of hydrogen-bond acceptors (Lipinski definition) is 11. The minimum absolute atomic E-state index is 0.193. The van der Waals surface area contributed by atoms with Gasteiger partial charge in [0.15, 0.2) is 0 Å². The van der Waals surface area contributed by atoms with Crippen LogP contribution in [0.1, 0.15) is 145 Å². The van der Waals surface area contributed by atoms with Gasteiger partial charge in [-0.25, -0.2) is 0 Å². The molecule has 73 heavy (non-hydrogen) atoms. The largest absolute Gasteiger partial charge is 0.481 e. The molecule has 416 valence electrons. The zero-order valence-corrected chi connectivity index (χ0v) is 45.6. The predicted molar refractivity (Wildman–Crippen MR) is 290 cm³/mol. The van der Waals surface area contributed by atoms with E-state index in [1.165, 1.54) is 44.9 Å². The van der Waals surface area contributed by atoms with Crippen LogP contribution in [0.25, 0.3) is 11.1 Å². The Kier molecular flexibility index (Phi) is 52.0. The van der Waals surface area contributed by atoms with Crippen molar-refractivity contribution >= 4 is 53.2 Å². The summed E-state index contributed by atoms with van der Waals surface area (Å²) in [4.78, 5) is 105. The van der Waals surface area contributed by atoms with Crippen LogP contribution in [0, 0.1) is 5.92 Å². The highest BCUT2D eigenvalue weighted by atomic mass is 16.4. The number of carboxylic acids is 1. The molecule has 2 aromatic rings. The smallest absolute Gasteiger partial charge is 0.303 e. The standard InChI is InChI=1S/C32H42N8O8.C7H14.C3H9N.C3H6O2.2C3H8.C2H7N/c1-2-3-9-26(42)40-24(14-21-10-12-23(13-11-21)22-7-5-4-6-8-22)32(48)39-20-31(47)38-19-30(46)37-18-29(45)36-17-28(44)35-16-27(43)34-15-25(33)41;1-7-5-3-2-4-6-7;1-2-3-4;1-2-3(4)5;2*1-3-2;1-2-3/h4-8,10-13,24H,2-3,9,14-20H2,1H3,(H2,33,41)(H,34,43)(H,35,44)(H,36,45)(H,37,46)(H,38,47)(H,39,48)(H,40,42);7H,2-6H2,1H3;2-4H2,1H3;2H2,1H3,(H,4,5);2*3H2,1-2H3;2-3H2,1H3/t24-;;;;;;/m0....../s1. The van der Waals surface area contributed by atoms with Gasteiger partial charge in [-0.3, -0.25) is 43.2 Å². The Morgan fingerprint density at radius 1 is 0.562 bits per heavy atom. The van der Waals surface area contributed by atoms with Gasteiger partial charge in [-0.05, 0) is 48.5 Å². The number of nitrogens with two attached hydrogens (primary N) is 3. The normalized spacial score (nSPS) is 11.2. The van der Waals surface area contributed by atoms with Crippen molar-refractivity contribution in [2.24, 2.45) is 23.1 Å². The second-order valence-corrected chi connectivity index (χ2v) is 16.7. The monoisotopic (exact) mass is 1030 g/mol. The molecule has 0 aliphatic heterocycles. The average molecular weight is 1030 g/mol. The van der Waals surface area contributed by atoms with E-state index in [1.54, 1.807) is 6.92 Å². The van der Waals surface area contributed by atoms with E-state index in [0.29, 0.717) is 6.42 Å². The second kappa shape index (κ2) is 51.9. The first-order valence-corrected chi connectivity index (χ1v) is 25.7. The lowest BCUT2D eigenvalue weighted by molar-refractivity contribution is -0.136. The van der Waals surface area contributed by atoms with Crippen LogP contribution < -0.4 is 54.4 Å². The van der Waals surface area contributed by atoms with Crippen molar-refractivity contribution in [3.63, 3.8) is 0 Å². The van der Waals surface area contributed by atoms with Gasteiger partial charge in [0.05, 0.1) is 39.3 Å². The van der Waals surface area contributed by atoms with Crippen LogP contribution in [0.4, 0.5) is 0 Å². The molecule has 8 amide bonds. The molecular weight excluding hydrogens is 937 g/mol. The van der Waals surface area contributed by atoms with Gasteiger partial charge < -0.3 is 59.5 Å². The lowest BCUT2D eigenvalue weighted by Gasteiger charge is -2.19. The van der Waals surface area contributed by atoms with Crippen molar-refractivity contribution < 1.29 is 48.3 Å². The van der Waals surface area contributed by atoms with Crippen molar-refractivity contribution in [1.82, 2.24) is 37.2 Å². The molecule has 1 aliphatic rings. The van der Waals surface area contributed by atoms with E-state index in [0.717, 1.165) is 48.5 Å². The van der Waals surface area contributed by atoms with E-state index in [9.17, 15) is 43.2 Å². The third kappa shape index (κ3) is 50.3. The summed E-state index contributed by atoms with van der Waals surface area (Å²) in [5.74, 6) is -4.75. The Morgan fingerprint density at radius 3 is 1.26 bits per heavy atom. The summed E-state index contributed by atoms with van der Waals surface area (Å²) in [6, 6.07) is 16.4. The van der Waals surface area contributed by atoms with Gasteiger partial charge >= 0.3 is 5.97 Å². The van der Waals surface area contributed by atoms with Crippen molar-refractivity contribution in [1.29, 1.82) is 0 Å². The molecule has 1 atom stereocenters. The van der Waals surface area contributed by atoms with Crippen LogP contribution in [0.3, 0.4) is 0 Å². The maximum Gasteiger partial charge on any atom is 0.303 e. The first-order chi connectivity index (χ1) is 34.8. The van der Waals surface area contributed by atoms with E-state index in [4.69, 9.17) is 22.3 Å². The molecule has 0 radical (unpaired) electrons. The number of carbonyl (C=O) groups is 9. The molecule has 0 saturated heterocycles. The van der Waals surface area contributed by atoms with Gasteiger partial charge in [0.2, 0.25) is 47.3 Å². The number of benzene rings is 2. The maximum atomic E-state index is 13.0. The fourth-order valence-corrected chi connectivity index (χ4v) is 5.32. The summed E-state index contributed by atoms with van der Waals surface area (Å²) in [7, 11) is 0. The molecule has 1 fully saturated rings. The average Bonchev–Trinajstić information content (AvgIpc) is 3.38. The molecule has 14 N–H and O–H groups in total. The van der Waals surface area contributed by atoms with Gasteiger partial charge in [0.1, 0.15) is 6.04 Å². The fraction of sp³-hybridized carbons (Fsp3) is 0.604. The zero-order chi connectivity index (χ0) is 56.2. The highest BCUT2D eigenvalue weighted by Crippen LogP contribution is 2.22. The molecule has 2 aromatic carbocycles. The number of nitrogens with one attached hydrogen (secondary N) is 7. The van der Waals surface area contributed by atoms with Gasteiger partial charge in [-0.1, -0.05) is 168 Å². The van der Waals surface area contributed by atoms with E-state index >= 15 is 0 Å². The van der Waals surface area contributed by atoms with Gasteiger partial charge in [0.25, 0.3) is 0 Å². The second-order valence-electron chi connectivity index (χ2n) is 16.7. The van der Waals surface area contributed by atoms with E-state index in [2.05, 4.69) is 78.8 Å². The first-order valence-electron chi connectivity index (χ1n) is 25.7. The molecule has 0 aromatic heterocycles.